The van der Waals surface area contributed by atoms with Gasteiger partial charge in [-0.15, -0.1) is 11.3 Å². The molecule has 0 bridgehead atoms. The zero-order valence-electron chi connectivity index (χ0n) is 36.0. The number of benzene rings is 8. The zero-order chi connectivity index (χ0) is 42.7. The van der Waals surface area contributed by atoms with Crippen LogP contribution in [0.25, 0.3) is 115 Å². The average molecular weight is 753 g/mol. The normalized spacial score (nSPS) is 13.3. The number of furan rings is 1. The molecule has 0 saturated heterocycles. The highest BCUT2D eigenvalue weighted by atomic mass is 32.1. The smallest absolute Gasteiger partial charge is 0.164 e. The topological polar surface area (TPSA) is 56.7 Å². The lowest BCUT2D eigenvalue weighted by atomic mass is 9.98. The molecule has 0 aliphatic rings. The number of thiophene rings is 1. The molecule has 0 N–H and O–H groups in total. The summed E-state index contributed by atoms with van der Waals surface area (Å²) in [4.78, 5) is 15.4. The number of fused-ring (bicyclic) bond motifs is 9. The quantitative estimate of drug-likeness (QED) is 0.176. The highest BCUT2D eigenvalue weighted by molar-refractivity contribution is 7.26. The van der Waals surface area contributed by atoms with E-state index in [0.29, 0.717) is 54.6 Å². The summed E-state index contributed by atoms with van der Waals surface area (Å²) in [6.07, 6.45) is 0. The first-order valence-corrected chi connectivity index (χ1v) is 19.3. The van der Waals surface area contributed by atoms with Gasteiger partial charge in [-0.2, -0.15) is 0 Å². The zero-order valence-corrected chi connectivity index (χ0v) is 30.8. The summed E-state index contributed by atoms with van der Waals surface area (Å²) in [5, 5.41) is 4.49. The third-order valence-corrected chi connectivity index (χ3v) is 11.8. The van der Waals surface area contributed by atoms with E-state index in [9.17, 15) is 1.37 Å². The summed E-state index contributed by atoms with van der Waals surface area (Å²) < 4.78 is 63.3. The summed E-state index contributed by atoms with van der Waals surface area (Å²) in [7, 11) is 0. The molecular formula is C51H30N4OS. The summed E-state index contributed by atoms with van der Waals surface area (Å²) in [6, 6.07) is 46.3. The monoisotopic (exact) mass is 752 g/mol. The molecule has 0 spiro atoms. The maximum atomic E-state index is 9.52. The Bertz CT molecular complexity index is 3840. The van der Waals surface area contributed by atoms with Gasteiger partial charge in [0.05, 0.1) is 24.9 Å². The van der Waals surface area contributed by atoms with Crippen LogP contribution in [0.3, 0.4) is 0 Å². The van der Waals surface area contributed by atoms with Crippen LogP contribution in [0.2, 0.25) is 0 Å². The fraction of sp³-hybridized carbons (Fsp3) is 0. The van der Waals surface area contributed by atoms with Crippen molar-refractivity contribution in [3.63, 3.8) is 0 Å². The molecule has 0 aliphatic heterocycles. The van der Waals surface area contributed by atoms with Crippen molar-refractivity contribution >= 4 is 75.3 Å². The van der Waals surface area contributed by atoms with Gasteiger partial charge in [0, 0.05) is 69.5 Å². The van der Waals surface area contributed by atoms with Crippen molar-refractivity contribution in [3.8, 4) is 51.0 Å². The third kappa shape index (κ3) is 4.98. The van der Waals surface area contributed by atoms with Gasteiger partial charge in [0.15, 0.2) is 17.5 Å². The minimum absolute atomic E-state index is 0.0625. The molecule has 266 valence electrons. The summed E-state index contributed by atoms with van der Waals surface area (Å²) in [6.45, 7) is 0. The maximum Gasteiger partial charge on any atom is 0.164 e. The van der Waals surface area contributed by atoms with E-state index in [1.807, 2.05) is 115 Å². The predicted molar refractivity (Wildman–Crippen MR) is 236 cm³/mol. The predicted octanol–water partition coefficient (Wildman–Crippen LogP) is 13.9. The maximum absolute atomic E-state index is 9.52. The van der Waals surface area contributed by atoms with E-state index >= 15 is 0 Å². The van der Waals surface area contributed by atoms with Crippen molar-refractivity contribution in [2.75, 3.05) is 0 Å². The van der Waals surface area contributed by atoms with Crippen molar-refractivity contribution in [1.82, 2.24) is 19.5 Å². The Labute approximate surface area is 339 Å². The van der Waals surface area contributed by atoms with Gasteiger partial charge in [-0.1, -0.05) is 145 Å². The second-order valence-electron chi connectivity index (χ2n) is 13.9. The fourth-order valence-electron chi connectivity index (χ4n) is 8.11. The molecule has 0 atom stereocenters. The van der Waals surface area contributed by atoms with E-state index in [1.165, 1.54) is 17.4 Å². The SMILES string of the molecule is [2H]c1cc([2H])c2sc3c(-c4ccc(-c5nc(-c6ccccc6)nc(-c6cccc7oc8ccccc8c67)n5)cc4-n4c5ccccc5c5ccccc54)c([2H])c([2H])c([2H])c3c2c1[2H]. The van der Waals surface area contributed by atoms with Gasteiger partial charge >= 0.3 is 0 Å². The second kappa shape index (κ2) is 12.6. The summed E-state index contributed by atoms with van der Waals surface area (Å²) in [5.41, 5.74) is 7.28. The van der Waals surface area contributed by atoms with E-state index in [2.05, 4.69) is 28.8 Å². The molecule has 0 radical (unpaired) electrons. The van der Waals surface area contributed by atoms with Crippen LogP contribution < -0.4 is 0 Å². The number of aromatic nitrogens is 4. The molecule has 57 heavy (non-hydrogen) atoms. The van der Waals surface area contributed by atoms with Gasteiger partial charge in [-0.05, 0) is 36.4 Å². The molecule has 4 aromatic heterocycles. The highest BCUT2D eigenvalue weighted by Gasteiger charge is 2.22. The Morgan fingerprint density at radius 1 is 0.474 bits per heavy atom. The third-order valence-electron chi connectivity index (χ3n) is 10.6. The standard InChI is InChI=1S/C51H30N4OS/c1-2-14-31(15-3-1)49-52-50(54-51(53-49)40-22-13-26-45-47(40)39-19-6-10-25-44(39)56-45)32-28-29-35(37-20-12-21-38-36-18-7-11-27-46(36)57-48(37)38)43(30-32)55-41-23-8-4-16-33(41)34-17-5-9-24-42(34)55/h1-30H/i7D,12D,18D,20D,21D,27D. The van der Waals surface area contributed by atoms with E-state index < -0.39 is 0 Å². The lowest BCUT2D eigenvalue weighted by molar-refractivity contribution is 0.669. The van der Waals surface area contributed by atoms with Crippen LogP contribution in [0, 0.1) is 0 Å². The van der Waals surface area contributed by atoms with Crippen LogP contribution in [0.1, 0.15) is 8.22 Å². The van der Waals surface area contributed by atoms with E-state index in [-0.39, 0.29) is 41.6 Å². The first-order chi connectivity index (χ1) is 30.7. The summed E-state index contributed by atoms with van der Waals surface area (Å²) >= 11 is 1.22. The number of hydrogen-bond acceptors (Lipinski definition) is 5. The van der Waals surface area contributed by atoms with Crippen molar-refractivity contribution in [3.05, 3.63) is 182 Å². The van der Waals surface area contributed by atoms with Crippen LogP contribution in [-0.2, 0) is 0 Å². The van der Waals surface area contributed by atoms with Gasteiger partial charge in [-0.3, -0.25) is 0 Å². The van der Waals surface area contributed by atoms with Crippen molar-refractivity contribution < 1.29 is 12.6 Å². The summed E-state index contributed by atoms with van der Waals surface area (Å²) in [5.74, 6) is 1.37. The van der Waals surface area contributed by atoms with Gasteiger partial charge in [-0.25, -0.2) is 15.0 Å². The molecule has 12 rings (SSSR count). The number of hydrogen-bond donors (Lipinski definition) is 0. The Kier molecular flexibility index (Phi) is 5.82. The van der Waals surface area contributed by atoms with Gasteiger partial charge in [0.25, 0.3) is 0 Å². The average Bonchev–Trinajstić information content (AvgIpc) is 4.01. The Balaban J connectivity index is 1.19. The molecule has 4 heterocycles. The van der Waals surface area contributed by atoms with Gasteiger partial charge in [0.2, 0.25) is 0 Å². The van der Waals surface area contributed by atoms with E-state index in [0.717, 1.165) is 54.9 Å². The molecule has 6 heteroatoms. The van der Waals surface area contributed by atoms with Crippen molar-refractivity contribution in [2.45, 2.75) is 0 Å². The molecule has 12 aromatic rings. The van der Waals surface area contributed by atoms with Crippen LogP contribution in [0.4, 0.5) is 0 Å². The van der Waals surface area contributed by atoms with Gasteiger partial charge < -0.3 is 8.98 Å². The minimum atomic E-state index is -0.300. The van der Waals surface area contributed by atoms with Crippen LogP contribution in [-0.4, -0.2) is 19.5 Å². The van der Waals surface area contributed by atoms with Crippen LogP contribution in [0.5, 0.6) is 0 Å². The minimum Gasteiger partial charge on any atom is -0.456 e. The first-order valence-electron chi connectivity index (χ1n) is 21.5. The largest absolute Gasteiger partial charge is 0.456 e. The Morgan fingerprint density at radius 3 is 1.98 bits per heavy atom. The molecule has 0 fully saturated rings. The molecule has 0 saturated carbocycles. The lowest BCUT2D eigenvalue weighted by Crippen LogP contribution is -2.02. The van der Waals surface area contributed by atoms with Crippen LogP contribution in [0.15, 0.2) is 186 Å². The highest BCUT2D eigenvalue weighted by Crippen LogP contribution is 2.44. The number of para-hydroxylation sites is 3. The van der Waals surface area contributed by atoms with Crippen molar-refractivity contribution in [2.24, 2.45) is 0 Å². The van der Waals surface area contributed by atoms with Gasteiger partial charge in [0.1, 0.15) is 11.2 Å². The molecule has 0 aliphatic carbocycles. The lowest BCUT2D eigenvalue weighted by Gasteiger charge is -2.17. The Morgan fingerprint density at radius 2 is 1.16 bits per heavy atom. The Hall–Kier alpha value is -7.41. The molecular weight excluding hydrogens is 717 g/mol. The number of rotatable bonds is 5. The first kappa shape index (κ1) is 26.4. The van der Waals surface area contributed by atoms with Crippen LogP contribution >= 0.6 is 11.3 Å². The molecule has 0 unspecified atom stereocenters. The number of nitrogens with zero attached hydrogens (tertiary/aromatic N) is 4. The fourth-order valence-corrected chi connectivity index (χ4v) is 9.21. The molecule has 0 amide bonds. The van der Waals surface area contributed by atoms with E-state index in [4.69, 9.17) is 26.2 Å². The molecule has 8 aromatic carbocycles. The second-order valence-corrected chi connectivity index (χ2v) is 14.9. The van der Waals surface area contributed by atoms with E-state index in [1.54, 1.807) is 0 Å². The van der Waals surface area contributed by atoms with Crippen molar-refractivity contribution in [1.29, 1.82) is 0 Å². The molecule has 5 nitrogen and oxygen atoms in total.